The smallest absolute Gasteiger partial charge is 0.306 e. The molecule has 1 unspecified atom stereocenters. The summed E-state index contributed by atoms with van der Waals surface area (Å²) in [6.07, 6.45) is 0.656. The quantitative estimate of drug-likeness (QED) is 0.835. The first-order valence-corrected chi connectivity index (χ1v) is 6.97. The van der Waals surface area contributed by atoms with E-state index in [0.29, 0.717) is 6.42 Å². The zero-order chi connectivity index (χ0) is 14.4. The topological polar surface area (TPSA) is 49.8 Å². The van der Waals surface area contributed by atoms with Gasteiger partial charge in [-0.3, -0.25) is 4.79 Å². The predicted octanol–water partition coefficient (Wildman–Crippen LogP) is 3.00. The molecule has 4 nitrogen and oxygen atoms in total. The van der Waals surface area contributed by atoms with Gasteiger partial charge in [-0.1, -0.05) is 13.0 Å². The van der Waals surface area contributed by atoms with Crippen LogP contribution in [0.2, 0.25) is 0 Å². The van der Waals surface area contributed by atoms with Crippen LogP contribution in [0.1, 0.15) is 18.9 Å². The van der Waals surface area contributed by atoms with Crippen molar-refractivity contribution >= 4 is 21.9 Å². The lowest BCUT2D eigenvalue weighted by atomic mass is 10.1. The van der Waals surface area contributed by atoms with Gasteiger partial charge in [-0.25, -0.2) is 0 Å². The Balaban J connectivity index is 2.50. The summed E-state index contributed by atoms with van der Waals surface area (Å²) in [6, 6.07) is 5.96. The molecule has 1 rings (SSSR count). The molecule has 0 spiro atoms. The number of carbonyl (C=O) groups is 1. The van der Waals surface area contributed by atoms with Gasteiger partial charge in [0.1, 0.15) is 5.75 Å². The van der Waals surface area contributed by atoms with Crippen molar-refractivity contribution in [3.8, 4) is 5.75 Å². The zero-order valence-corrected chi connectivity index (χ0v) is 13.1. The number of benzene rings is 1. The molecule has 0 fully saturated rings. The van der Waals surface area contributed by atoms with Crippen molar-refractivity contribution in [2.45, 2.75) is 19.9 Å². The summed E-state index contributed by atoms with van der Waals surface area (Å²) in [5.41, 5.74) is 1.16. The maximum Gasteiger partial charge on any atom is 0.306 e. The average Bonchev–Trinajstić information content (AvgIpc) is 2.36. The lowest BCUT2D eigenvalue weighted by Crippen LogP contribution is -2.23. The van der Waals surface area contributed by atoms with Gasteiger partial charge in [-0.2, -0.15) is 0 Å². The largest absolute Gasteiger partial charge is 0.496 e. The summed E-state index contributed by atoms with van der Waals surface area (Å²) in [7, 11) is 3.63. The fourth-order valence-electron chi connectivity index (χ4n) is 1.74. The molecule has 0 aliphatic carbocycles. The highest BCUT2D eigenvalue weighted by molar-refractivity contribution is 9.10. The van der Waals surface area contributed by atoms with Crippen LogP contribution in [-0.4, -0.2) is 36.7 Å². The van der Waals surface area contributed by atoms with E-state index in [1.54, 1.807) is 14.0 Å². The second kappa shape index (κ2) is 7.50. The van der Waals surface area contributed by atoms with E-state index in [1.807, 2.05) is 25.2 Å². The van der Waals surface area contributed by atoms with E-state index in [2.05, 4.69) is 20.8 Å². The number of halogens is 1. The second-order valence-corrected chi connectivity index (χ2v) is 5.59. The summed E-state index contributed by atoms with van der Waals surface area (Å²) >= 11 is 3.46. The van der Waals surface area contributed by atoms with Gasteiger partial charge in [0, 0.05) is 6.54 Å². The molecule has 0 saturated heterocycles. The van der Waals surface area contributed by atoms with E-state index < -0.39 is 5.97 Å². The van der Waals surface area contributed by atoms with E-state index >= 15 is 0 Å². The van der Waals surface area contributed by atoms with Gasteiger partial charge < -0.3 is 14.7 Å². The lowest BCUT2D eigenvalue weighted by molar-refractivity contribution is -0.141. The maximum absolute atomic E-state index is 10.7. The summed E-state index contributed by atoms with van der Waals surface area (Å²) in [4.78, 5) is 12.9. The molecular weight excluding hydrogens is 310 g/mol. The standard InChI is InChI=1S/C14H20BrNO3/c1-10(14(17)18)6-7-16(2)9-11-4-5-13(19-3)12(15)8-11/h4-5,8,10H,6-7,9H2,1-3H3,(H,17,18). The second-order valence-electron chi connectivity index (χ2n) is 4.73. The molecule has 1 atom stereocenters. The van der Waals surface area contributed by atoms with Crippen molar-refractivity contribution in [3.63, 3.8) is 0 Å². The van der Waals surface area contributed by atoms with Crippen molar-refractivity contribution in [3.05, 3.63) is 28.2 Å². The van der Waals surface area contributed by atoms with Gasteiger partial charge in [0.05, 0.1) is 17.5 Å². The average molecular weight is 330 g/mol. The van der Waals surface area contributed by atoms with Crippen LogP contribution >= 0.6 is 15.9 Å². The number of ether oxygens (including phenoxy) is 1. The molecule has 19 heavy (non-hydrogen) atoms. The number of hydrogen-bond donors (Lipinski definition) is 1. The van der Waals surface area contributed by atoms with E-state index in [0.717, 1.165) is 28.9 Å². The predicted molar refractivity (Wildman–Crippen MR) is 78.4 cm³/mol. The Kier molecular flexibility index (Phi) is 6.31. The Morgan fingerprint density at radius 1 is 1.53 bits per heavy atom. The number of methoxy groups -OCH3 is 1. The molecule has 0 aliphatic heterocycles. The fourth-order valence-corrected chi connectivity index (χ4v) is 2.32. The lowest BCUT2D eigenvalue weighted by Gasteiger charge is -2.18. The Morgan fingerprint density at radius 3 is 2.74 bits per heavy atom. The Hall–Kier alpha value is -1.07. The molecule has 0 aromatic heterocycles. The third-order valence-electron chi connectivity index (χ3n) is 3.03. The van der Waals surface area contributed by atoms with Crippen molar-refractivity contribution in [2.24, 2.45) is 5.92 Å². The highest BCUT2D eigenvalue weighted by Gasteiger charge is 2.12. The molecule has 1 aromatic rings. The minimum atomic E-state index is -0.736. The van der Waals surface area contributed by atoms with Crippen LogP contribution in [0.4, 0.5) is 0 Å². The van der Waals surface area contributed by atoms with E-state index in [1.165, 1.54) is 0 Å². The molecule has 0 bridgehead atoms. The van der Waals surface area contributed by atoms with Gasteiger partial charge in [0.15, 0.2) is 0 Å². The Labute approximate surface area is 122 Å². The zero-order valence-electron chi connectivity index (χ0n) is 11.5. The van der Waals surface area contributed by atoms with Crippen molar-refractivity contribution < 1.29 is 14.6 Å². The van der Waals surface area contributed by atoms with Gasteiger partial charge >= 0.3 is 5.97 Å². The summed E-state index contributed by atoms with van der Waals surface area (Å²) in [6.45, 7) is 3.28. The van der Waals surface area contributed by atoms with Gasteiger partial charge in [-0.15, -0.1) is 0 Å². The van der Waals surface area contributed by atoms with Crippen molar-refractivity contribution in [2.75, 3.05) is 20.7 Å². The van der Waals surface area contributed by atoms with Crippen LogP contribution in [0, 0.1) is 5.92 Å². The molecule has 0 amide bonds. The van der Waals surface area contributed by atoms with Gasteiger partial charge in [0.25, 0.3) is 0 Å². The molecule has 1 aromatic carbocycles. The molecule has 106 valence electrons. The first kappa shape index (κ1) is 16.0. The highest BCUT2D eigenvalue weighted by Crippen LogP contribution is 2.25. The van der Waals surface area contributed by atoms with Crippen LogP contribution in [-0.2, 0) is 11.3 Å². The highest BCUT2D eigenvalue weighted by atomic mass is 79.9. The van der Waals surface area contributed by atoms with E-state index in [-0.39, 0.29) is 5.92 Å². The van der Waals surface area contributed by atoms with E-state index in [4.69, 9.17) is 9.84 Å². The van der Waals surface area contributed by atoms with Crippen molar-refractivity contribution in [1.29, 1.82) is 0 Å². The number of rotatable bonds is 7. The third kappa shape index (κ3) is 5.20. The first-order valence-electron chi connectivity index (χ1n) is 6.17. The third-order valence-corrected chi connectivity index (χ3v) is 3.65. The monoisotopic (exact) mass is 329 g/mol. The molecular formula is C14H20BrNO3. The number of carboxylic acids is 1. The summed E-state index contributed by atoms with van der Waals surface area (Å²) in [5.74, 6) is -0.225. The van der Waals surface area contributed by atoms with Crippen molar-refractivity contribution in [1.82, 2.24) is 4.90 Å². The van der Waals surface area contributed by atoms with Gasteiger partial charge in [0.2, 0.25) is 0 Å². The molecule has 0 radical (unpaired) electrons. The van der Waals surface area contributed by atoms with Crippen LogP contribution in [0.15, 0.2) is 22.7 Å². The van der Waals surface area contributed by atoms with E-state index in [9.17, 15) is 4.79 Å². The minimum absolute atomic E-state index is 0.301. The number of carboxylic acid groups (broad SMARTS) is 1. The SMILES string of the molecule is COc1ccc(CN(C)CCC(C)C(=O)O)cc1Br. The molecule has 0 heterocycles. The maximum atomic E-state index is 10.7. The number of nitrogens with zero attached hydrogens (tertiary/aromatic N) is 1. The number of hydrogen-bond acceptors (Lipinski definition) is 3. The summed E-state index contributed by atoms with van der Waals surface area (Å²) in [5, 5.41) is 8.84. The van der Waals surface area contributed by atoms with Crippen LogP contribution in [0.25, 0.3) is 0 Å². The number of aliphatic carboxylic acids is 1. The first-order chi connectivity index (χ1) is 8.93. The molecule has 0 aliphatic rings. The molecule has 1 N–H and O–H groups in total. The normalized spacial score (nSPS) is 12.5. The Morgan fingerprint density at radius 2 is 2.21 bits per heavy atom. The fraction of sp³-hybridized carbons (Fsp3) is 0.500. The van der Waals surface area contributed by atoms with Gasteiger partial charge in [-0.05, 0) is 53.6 Å². The Bertz CT molecular complexity index is 437. The van der Waals surface area contributed by atoms with Crippen LogP contribution in [0.3, 0.4) is 0 Å². The molecule has 0 saturated carbocycles. The van der Waals surface area contributed by atoms with Crippen LogP contribution in [0.5, 0.6) is 5.75 Å². The minimum Gasteiger partial charge on any atom is -0.496 e. The summed E-state index contributed by atoms with van der Waals surface area (Å²) < 4.78 is 6.11. The van der Waals surface area contributed by atoms with Crippen LogP contribution < -0.4 is 4.74 Å². The molecule has 5 heteroatoms.